The van der Waals surface area contributed by atoms with E-state index in [-0.39, 0.29) is 29.7 Å². The van der Waals surface area contributed by atoms with Crippen LogP contribution in [0.2, 0.25) is 0 Å². The van der Waals surface area contributed by atoms with Crippen molar-refractivity contribution in [2.45, 2.75) is 36.1 Å². The Bertz CT molecular complexity index is 2770. The van der Waals surface area contributed by atoms with Crippen molar-refractivity contribution in [2.75, 3.05) is 0 Å². The number of fused-ring (bicyclic) bond motifs is 6. The van der Waals surface area contributed by atoms with Gasteiger partial charge in [-0.3, -0.25) is 0 Å². The van der Waals surface area contributed by atoms with E-state index in [9.17, 15) is 0 Å². The van der Waals surface area contributed by atoms with Crippen LogP contribution in [0, 0.1) is 0 Å². The molecule has 61 heavy (non-hydrogen) atoms. The minimum absolute atomic E-state index is 0. The van der Waals surface area contributed by atoms with Crippen LogP contribution < -0.4 is 0 Å². The molecule has 0 aromatic heterocycles. The van der Waals surface area contributed by atoms with Crippen LogP contribution in [-0.4, -0.2) is 0 Å². The fraction of sp³-hybridized carbons (Fsp3) is 0.0820. The van der Waals surface area contributed by atoms with Crippen LogP contribution in [0.4, 0.5) is 0 Å². The summed E-state index contributed by atoms with van der Waals surface area (Å²) in [6, 6.07) is 84.5. The third-order valence-corrected chi connectivity index (χ3v) is 10.3. The summed E-state index contributed by atoms with van der Waals surface area (Å²) in [4.78, 5) is 0. The third kappa shape index (κ3) is 11.7. The van der Waals surface area contributed by atoms with Crippen molar-refractivity contribution in [2.24, 2.45) is 0 Å². The standard InChI is InChI=1S/2C14H10.C13H10.C10H8.C6H6.4CH4/c1-3-7-13-11(5-1)9-10-12-6-2-4-8-14(12)13;1-2-6-12-10-14-8-4-3-7-13(14)9-11(12)5-1;1-4-10-6-2-8-12-9-3-7-11(5-1)13(10)12;1-2-6-10-8-4-3-7-9(10)5-1;1-2-4-6-5-3-1;;;;/h2*1-10H;1-8H,9H2;1-8H;1-6H;4*1H4. The molecule has 11 aromatic rings. The average molecular weight is 793 g/mol. The zero-order valence-corrected chi connectivity index (χ0v) is 32.0. The molecule has 0 radical (unpaired) electrons. The van der Waals surface area contributed by atoms with Gasteiger partial charge in [0.15, 0.2) is 0 Å². The fourth-order valence-corrected chi connectivity index (χ4v) is 7.43. The first-order valence-corrected chi connectivity index (χ1v) is 19.7. The van der Waals surface area contributed by atoms with E-state index < -0.39 is 0 Å². The molecule has 0 nitrogen and oxygen atoms in total. The molecule has 0 unspecified atom stereocenters. The summed E-state index contributed by atoms with van der Waals surface area (Å²) >= 11 is 0. The quantitative estimate of drug-likeness (QED) is 0.106. The Morgan fingerprint density at radius 3 is 0.984 bits per heavy atom. The van der Waals surface area contributed by atoms with E-state index in [0.29, 0.717) is 0 Å². The van der Waals surface area contributed by atoms with Crippen molar-refractivity contribution < 1.29 is 0 Å². The molecule has 11 aromatic carbocycles. The van der Waals surface area contributed by atoms with E-state index in [1.165, 1.54) is 75.8 Å². The van der Waals surface area contributed by atoms with Crippen LogP contribution in [0.15, 0.2) is 249 Å². The first kappa shape index (κ1) is 46.4. The topological polar surface area (TPSA) is 0 Å². The van der Waals surface area contributed by atoms with Crippen LogP contribution in [-0.2, 0) is 6.42 Å². The molecule has 0 aliphatic heterocycles. The first-order chi connectivity index (χ1) is 28.3. The number of hydrogen-bond acceptors (Lipinski definition) is 0. The van der Waals surface area contributed by atoms with E-state index in [4.69, 9.17) is 0 Å². The lowest BCUT2D eigenvalue weighted by Gasteiger charge is -2.11. The van der Waals surface area contributed by atoms with E-state index in [0.717, 1.165) is 6.42 Å². The van der Waals surface area contributed by atoms with Gasteiger partial charge in [-0.25, -0.2) is 0 Å². The van der Waals surface area contributed by atoms with E-state index in [1.54, 1.807) is 0 Å². The normalized spacial score (nSPS) is 10.3. The summed E-state index contributed by atoms with van der Waals surface area (Å²) in [5, 5.41) is 16.0. The number of hydrogen-bond donors (Lipinski definition) is 0. The second-order valence-corrected chi connectivity index (χ2v) is 14.0. The largest absolute Gasteiger partial charge is 0.0795 e. The van der Waals surface area contributed by atoms with Gasteiger partial charge in [-0.1, -0.05) is 272 Å². The summed E-state index contributed by atoms with van der Waals surface area (Å²) < 4.78 is 0. The molecule has 0 saturated heterocycles. The van der Waals surface area contributed by atoms with Crippen LogP contribution in [0.1, 0.15) is 40.8 Å². The molecule has 0 bridgehead atoms. The lowest BCUT2D eigenvalue weighted by atomic mass is 9.93. The molecule has 0 saturated carbocycles. The van der Waals surface area contributed by atoms with Gasteiger partial charge in [0.1, 0.15) is 0 Å². The molecular formula is C61H60. The van der Waals surface area contributed by atoms with Crippen molar-refractivity contribution in [1.82, 2.24) is 0 Å². The molecule has 1 aliphatic carbocycles. The van der Waals surface area contributed by atoms with E-state index in [2.05, 4.69) is 218 Å². The number of rotatable bonds is 0. The van der Waals surface area contributed by atoms with Gasteiger partial charge in [-0.15, -0.1) is 0 Å². The summed E-state index contributed by atoms with van der Waals surface area (Å²) in [7, 11) is 0. The van der Waals surface area contributed by atoms with Crippen LogP contribution >= 0.6 is 0 Å². The maximum Gasteiger partial charge on any atom is -0.00763 e. The number of allylic oxidation sites excluding steroid dienone is 1. The summed E-state index contributed by atoms with van der Waals surface area (Å²) in [6.07, 6.45) is 5.53. The molecule has 12 rings (SSSR count). The summed E-state index contributed by atoms with van der Waals surface area (Å²) in [5.74, 6) is 0. The monoisotopic (exact) mass is 792 g/mol. The molecule has 0 heterocycles. The Labute approximate surface area is 365 Å². The zero-order chi connectivity index (χ0) is 38.5. The average Bonchev–Trinajstić information content (AvgIpc) is 3.30. The van der Waals surface area contributed by atoms with Crippen molar-refractivity contribution in [3.8, 4) is 0 Å². The van der Waals surface area contributed by atoms with Crippen LogP contribution in [0.3, 0.4) is 0 Å². The SMILES string of the molecule is C.C.C.C.C1=Cc2cccc3cccc(c23)C1.c1ccc2c(c1)ccc1ccccc12.c1ccc2cc3ccccc3cc2c1.c1ccc2ccccc2c1.c1ccccc1. The molecule has 1 aliphatic rings. The van der Waals surface area contributed by atoms with E-state index in [1.807, 2.05) is 36.4 Å². The molecule has 0 spiro atoms. The molecule has 304 valence electrons. The molecule has 0 N–H and O–H groups in total. The summed E-state index contributed by atoms with van der Waals surface area (Å²) in [5.41, 5.74) is 2.81. The molecule has 0 amide bonds. The molecule has 0 atom stereocenters. The number of benzene rings is 11. The lowest BCUT2D eigenvalue weighted by Crippen LogP contribution is -1.91. The van der Waals surface area contributed by atoms with Crippen molar-refractivity contribution in [1.29, 1.82) is 0 Å². The molecular weight excluding hydrogens is 733 g/mol. The van der Waals surface area contributed by atoms with Crippen molar-refractivity contribution in [3.05, 3.63) is 260 Å². The highest BCUT2D eigenvalue weighted by Crippen LogP contribution is 2.28. The minimum Gasteiger partial charge on any atom is -0.0795 e. The van der Waals surface area contributed by atoms with E-state index >= 15 is 0 Å². The Hall–Kier alpha value is -7.28. The third-order valence-electron chi connectivity index (χ3n) is 10.3. The fourth-order valence-electron chi connectivity index (χ4n) is 7.43. The maximum atomic E-state index is 2.24. The van der Waals surface area contributed by atoms with Gasteiger partial charge in [-0.2, -0.15) is 0 Å². The molecule has 0 fully saturated rings. The predicted octanol–water partition coefficient (Wildman–Crippen LogP) is 18.5. The van der Waals surface area contributed by atoms with Gasteiger partial charge in [0, 0.05) is 0 Å². The van der Waals surface area contributed by atoms with Gasteiger partial charge < -0.3 is 0 Å². The Balaban J connectivity index is 0.000000169. The minimum atomic E-state index is 0. The highest BCUT2D eigenvalue weighted by Gasteiger charge is 2.06. The van der Waals surface area contributed by atoms with Gasteiger partial charge >= 0.3 is 0 Å². The Morgan fingerprint density at radius 2 is 0.574 bits per heavy atom. The Morgan fingerprint density at radius 1 is 0.246 bits per heavy atom. The van der Waals surface area contributed by atoms with Crippen LogP contribution in [0.5, 0.6) is 0 Å². The van der Waals surface area contributed by atoms with Crippen molar-refractivity contribution >= 4 is 70.7 Å². The zero-order valence-electron chi connectivity index (χ0n) is 32.0. The van der Waals surface area contributed by atoms with Crippen LogP contribution in [0.25, 0.3) is 70.7 Å². The maximum absolute atomic E-state index is 2.24. The highest BCUT2D eigenvalue weighted by molar-refractivity contribution is 6.07. The van der Waals surface area contributed by atoms with Gasteiger partial charge in [0.2, 0.25) is 0 Å². The summed E-state index contributed by atoms with van der Waals surface area (Å²) in [6.45, 7) is 0. The Kier molecular flexibility index (Phi) is 17.8. The van der Waals surface area contributed by atoms with Gasteiger partial charge in [0.05, 0.1) is 0 Å². The van der Waals surface area contributed by atoms with Crippen molar-refractivity contribution in [3.63, 3.8) is 0 Å². The second kappa shape index (κ2) is 23.3. The first-order valence-electron chi connectivity index (χ1n) is 19.7. The smallest absolute Gasteiger partial charge is 0.00763 e. The molecule has 0 heteroatoms. The second-order valence-electron chi connectivity index (χ2n) is 14.0. The van der Waals surface area contributed by atoms with Gasteiger partial charge in [-0.05, 0) is 94.3 Å². The van der Waals surface area contributed by atoms with Gasteiger partial charge in [0.25, 0.3) is 0 Å². The highest BCUT2D eigenvalue weighted by atomic mass is 14.1. The predicted molar refractivity (Wildman–Crippen MR) is 277 cm³/mol. The lowest BCUT2D eigenvalue weighted by molar-refractivity contribution is 1.29.